The van der Waals surface area contributed by atoms with E-state index in [-0.39, 0.29) is 25.7 Å². The van der Waals surface area contributed by atoms with Gasteiger partial charge in [0.15, 0.2) is 0 Å². The van der Waals surface area contributed by atoms with Gasteiger partial charge in [0.05, 0.1) is 12.4 Å². The number of aromatic amines is 1. The van der Waals surface area contributed by atoms with Crippen LogP contribution >= 0.6 is 0 Å². The first kappa shape index (κ1) is 27.0. The molecule has 1 heterocycles. The SMILES string of the molecule is NC(CCC(=O)O)C(=O)NC(Cc1cnc[nH]1)C(=O)NC(Cc1ccccc1)C(=O)NCC(=O)O. The fourth-order valence-corrected chi connectivity index (χ4v) is 3.13. The average Bonchev–Trinajstić information content (AvgIpc) is 3.33. The Hall–Kier alpha value is -4.26. The summed E-state index contributed by atoms with van der Waals surface area (Å²) >= 11 is 0. The number of carboxylic acids is 2. The predicted octanol–water partition coefficient (Wildman–Crippen LogP) is -1.44. The third-order valence-corrected chi connectivity index (χ3v) is 4.95. The summed E-state index contributed by atoms with van der Waals surface area (Å²) in [5.41, 5.74) is 6.99. The number of benzene rings is 1. The maximum Gasteiger partial charge on any atom is 0.322 e. The summed E-state index contributed by atoms with van der Waals surface area (Å²) in [7, 11) is 0. The number of hydrogen-bond acceptors (Lipinski definition) is 7. The number of hydrogen-bond donors (Lipinski definition) is 7. The quantitative estimate of drug-likeness (QED) is 0.165. The van der Waals surface area contributed by atoms with Crippen LogP contribution in [0.25, 0.3) is 0 Å². The van der Waals surface area contributed by atoms with Crippen molar-refractivity contribution in [2.45, 2.75) is 43.8 Å². The molecule has 188 valence electrons. The van der Waals surface area contributed by atoms with Gasteiger partial charge in [-0.15, -0.1) is 0 Å². The zero-order valence-corrected chi connectivity index (χ0v) is 18.8. The smallest absolute Gasteiger partial charge is 0.322 e. The Kier molecular flexibility index (Phi) is 10.4. The van der Waals surface area contributed by atoms with Crippen molar-refractivity contribution in [1.29, 1.82) is 0 Å². The molecule has 0 aliphatic carbocycles. The Balaban J connectivity index is 2.17. The number of rotatable bonds is 14. The number of carboxylic acid groups (broad SMARTS) is 2. The average molecular weight is 489 g/mol. The Morgan fingerprint density at radius 3 is 2.17 bits per heavy atom. The summed E-state index contributed by atoms with van der Waals surface area (Å²) in [5.74, 6) is -4.53. The lowest BCUT2D eigenvalue weighted by atomic mass is 10.0. The second kappa shape index (κ2) is 13.4. The van der Waals surface area contributed by atoms with E-state index in [2.05, 4.69) is 25.9 Å². The summed E-state index contributed by atoms with van der Waals surface area (Å²) in [6, 6.07) is 5.30. The lowest BCUT2D eigenvalue weighted by molar-refractivity contribution is -0.139. The van der Waals surface area contributed by atoms with E-state index in [0.717, 1.165) is 0 Å². The number of carbonyl (C=O) groups excluding carboxylic acids is 3. The number of amides is 3. The standard InChI is InChI=1S/C22H28N6O7/c23-15(6-7-18(29)30)20(33)27-17(9-14-10-24-12-26-14)22(35)28-16(21(34)25-11-19(31)32)8-13-4-2-1-3-5-13/h1-5,10,12,15-17H,6-9,11,23H2,(H,24,26)(H,25,34)(H,27,33)(H,28,35)(H,29,30)(H,31,32). The molecule has 0 saturated heterocycles. The maximum absolute atomic E-state index is 13.1. The van der Waals surface area contributed by atoms with Gasteiger partial charge in [-0.2, -0.15) is 0 Å². The van der Waals surface area contributed by atoms with E-state index in [1.54, 1.807) is 30.3 Å². The fourth-order valence-electron chi connectivity index (χ4n) is 3.13. The molecule has 2 rings (SSSR count). The summed E-state index contributed by atoms with van der Waals surface area (Å²) in [5, 5.41) is 25.0. The summed E-state index contributed by atoms with van der Waals surface area (Å²) in [6.07, 6.45) is 2.45. The second-order valence-corrected chi connectivity index (χ2v) is 7.74. The molecule has 0 saturated carbocycles. The topological polar surface area (TPSA) is 217 Å². The Bertz CT molecular complexity index is 1010. The fraction of sp³-hybridized carbons (Fsp3) is 0.364. The first-order valence-corrected chi connectivity index (χ1v) is 10.7. The van der Waals surface area contributed by atoms with Gasteiger partial charge in [-0.1, -0.05) is 30.3 Å². The molecule has 3 amide bonds. The molecule has 13 heteroatoms. The first-order chi connectivity index (χ1) is 16.7. The molecule has 8 N–H and O–H groups in total. The van der Waals surface area contributed by atoms with E-state index in [1.807, 2.05) is 0 Å². The number of imidazole rings is 1. The lowest BCUT2D eigenvalue weighted by Crippen LogP contribution is -2.57. The molecule has 2 aromatic rings. The number of nitrogens with one attached hydrogen (secondary N) is 4. The third-order valence-electron chi connectivity index (χ3n) is 4.95. The number of H-pyrrole nitrogens is 1. The van der Waals surface area contributed by atoms with Gasteiger partial charge in [-0.25, -0.2) is 4.98 Å². The lowest BCUT2D eigenvalue weighted by Gasteiger charge is -2.24. The van der Waals surface area contributed by atoms with Crippen molar-refractivity contribution in [2.24, 2.45) is 5.73 Å². The molecule has 0 aliphatic heterocycles. The summed E-state index contributed by atoms with van der Waals surface area (Å²) < 4.78 is 0. The van der Waals surface area contributed by atoms with Crippen LogP contribution in [-0.2, 0) is 36.8 Å². The van der Waals surface area contributed by atoms with E-state index in [0.29, 0.717) is 11.3 Å². The van der Waals surface area contributed by atoms with Crippen molar-refractivity contribution in [3.05, 3.63) is 54.1 Å². The van der Waals surface area contributed by atoms with Crippen molar-refractivity contribution < 1.29 is 34.2 Å². The van der Waals surface area contributed by atoms with Gasteiger partial charge in [0, 0.05) is 31.2 Å². The Morgan fingerprint density at radius 1 is 0.914 bits per heavy atom. The highest BCUT2D eigenvalue weighted by molar-refractivity contribution is 5.94. The Morgan fingerprint density at radius 2 is 1.57 bits per heavy atom. The van der Waals surface area contributed by atoms with Gasteiger partial charge >= 0.3 is 11.9 Å². The zero-order chi connectivity index (χ0) is 25.8. The van der Waals surface area contributed by atoms with E-state index in [4.69, 9.17) is 15.9 Å². The predicted molar refractivity (Wildman–Crippen MR) is 122 cm³/mol. The van der Waals surface area contributed by atoms with Crippen LogP contribution in [0.1, 0.15) is 24.1 Å². The van der Waals surface area contributed by atoms with Gasteiger partial charge in [0.25, 0.3) is 0 Å². The first-order valence-electron chi connectivity index (χ1n) is 10.7. The van der Waals surface area contributed by atoms with Crippen LogP contribution in [0.2, 0.25) is 0 Å². The van der Waals surface area contributed by atoms with Gasteiger partial charge < -0.3 is 36.9 Å². The van der Waals surface area contributed by atoms with E-state index in [1.165, 1.54) is 12.5 Å². The van der Waals surface area contributed by atoms with Crippen molar-refractivity contribution >= 4 is 29.7 Å². The molecule has 3 atom stereocenters. The molecule has 35 heavy (non-hydrogen) atoms. The van der Waals surface area contributed by atoms with Crippen molar-refractivity contribution in [2.75, 3.05) is 6.54 Å². The minimum atomic E-state index is -1.25. The van der Waals surface area contributed by atoms with Crippen LogP contribution in [0.15, 0.2) is 42.9 Å². The molecule has 0 spiro atoms. The third kappa shape index (κ3) is 9.63. The van der Waals surface area contributed by atoms with Crippen LogP contribution in [0.5, 0.6) is 0 Å². The van der Waals surface area contributed by atoms with Crippen LogP contribution in [-0.4, -0.2) is 74.5 Å². The van der Waals surface area contributed by atoms with Crippen molar-refractivity contribution in [1.82, 2.24) is 25.9 Å². The molecule has 13 nitrogen and oxygen atoms in total. The highest BCUT2D eigenvalue weighted by Crippen LogP contribution is 2.06. The highest BCUT2D eigenvalue weighted by Gasteiger charge is 2.29. The minimum Gasteiger partial charge on any atom is -0.481 e. The number of aliphatic carboxylic acids is 2. The van der Waals surface area contributed by atoms with Crippen LogP contribution in [0.4, 0.5) is 0 Å². The number of nitrogens with two attached hydrogens (primary N) is 1. The minimum absolute atomic E-state index is 0.0158. The molecule has 3 unspecified atom stereocenters. The maximum atomic E-state index is 13.1. The van der Waals surface area contributed by atoms with Gasteiger partial charge in [-0.05, 0) is 12.0 Å². The van der Waals surface area contributed by atoms with Crippen LogP contribution < -0.4 is 21.7 Å². The Labute approximate surface area is 200 Å². The number of carbonyl (C=O) groups is 5. The molecule has 0 radical (unpaired) electrons. The molecule has 0 fully saturated rings. The zero-order valence-electron chi connectivity index (χ0n) is 18.8. The van der Waals surface area contributed by atoms with Crippen LogP contribution in [0.3, 0.4) is 0 Å². The van der Waals surface area contributed by atoms with Crippen molar-refractivity contribution in [3.63, 3.8) is 0 Å². The van der Waals surface area contributed by atoms with E-state index < -0.39 is 54.3 Å². The largest absolute Gasteiger partial charge is 0.481 e. The molecular formula is C22H28N6O7. The van der Waals surface area contributed by atoms with Crippen LogP contribution in [0, 0.1) is 0 Å². The van der Waals surface area contributed by atoms with E-state index in [9.17, 15) is 24.0 Å². The van der Waals surface area contributed by atoms with Gasteiger partial charge in [0.1, 0.15) is 18.6 Å². The molecular weight excluding hydrogens is 460 g/mol. The van der Waals surface area contributed by atoms with Gasteiger partial charge in [-0.3, -0.25) is 24.0 Å². The van der Waals surface area contributed by atoms with Crippen molar-refractivity contribution in [3.8, 4) is 0 Å². The number of nitrogens with zero attached hydrogens (tertiary/aromatic N) is 1. The summed E-state index contributed by atoms with van der Waals surface area (Å²) in [4.78, 5) is 66.6. The monoisotopic (exact) mass is 488 g/mol. The normalized spacial score (nSPS) is 13.2. The molecule has 0 bridgehead atoms. The second-order valence-electron chi connectivity index (χ2n) is 7.74. The highest BCUT2D eigenvalue weighted by atomic mass is 16.4. The molecule has 1 aromatic heterocycles. The number of aromatic nitrogens is 2. The summed E-state index contributed by atoms with van der Waals surface area (Å²) in [6.45, 7) is -0.632. The van der Waals surface area contributed by atoms with Gasteiger partial charge in [0.2, 0.25) is 17.7 Å². The molecule has 1 aromatic carbocycles. The molecule has 0 aliphatic rings. The van der Waals surface area contributed by atoms with E-state index >= 15 is 0 Å².